The number of rotatable bonds is 10. The van der Waals surface area contributed by atoms with E-state index in [0.717, 1.165) is 41.2 Å². The van der Waals surface area contributed by atoms with Crippen LogP contribution in [0.4, 0.5) is 0 Å². The highest BCUT2D eigenvalue weighted by atomic mass is 32.1. The summed E-state index contributed by atoms with van der Waals surface area (Å²) in [5, 5.41) is 0.614. The van der Waals surface area contributed by atoms with Crippen LogP contribution in [0.5, 0.6) is 0 Å². The standard InChI is InChI=1S/C24H31N3O3S/c1-5-26(6-2)15-20-25-23-22(17(3)18(4)31-23)24(29)27(20)16-21(28)30-14-10-13-19-11-8-7-9-12-19/h7-9,11-12H,5-6,10,13-16H2,1-4H3. The van der Waals surface area contributed by atoms with Crippen LogP contribution in [0.15, 0.2) is 35.1 Å². The van der Waals surface area contributed by atoms with Gasteiger partial charge in [0.15, 0.2) is 0 Å². The van der Waals surface area contributed by atoms with E-state index >= 15 is 0 Å². The molecule has 3 aromatic rings. The lowest BCUT2D eigenvalue weighted by atomic mass is 10.1. The second kappa shape index (κ2) is 10.7. The van der Waals surface area contributed by atoms with E-state index in [1.165, 1.54) is 21.5 Å². The van der Waals surface area contributed by atoms with Crippen LogP contribution >= 0.6 is 11.3 Å². The van der Waals surface area contributed by atoms with E-state index in [4.69, 9.17) is 9.72 Å². The Bertz CT molecular complexity index is 1080. The van der Waals surface area contributed by atoms with Gasteiger partial charge in [0.2, 0.25) is 0 Å². The lowest BCUT2D eigenvalue weighted by Gasteiger charge is -2.20. The number of aryl methyl sites for hydroxylation is 3. The zero-order valence-electron chi connectivity index (χ0n) is 18.8. The predicted octanol–water partition coefficient (Wildman–Crippen LogP) is 4.09. The first kappa shape index (κ1) is 23.2. The molecule has 6 nitrogen and oxygen atoms in total. The van der Waals surface area contributed by atoms with Gasteiger partial charge in [0.05, 0.1) is 18.5 Å². The monoisotopic (exact) mass is 441 g/mol. The number of fused-ring (bicyclic) bond motifs is 1. The van der Waals surface area contributed by atoms with Crippen molar-refractivity contribution in [3.8, 4) is 0 Å². The molecule has 2 heterocycles. The molecule has 0 atom stereocenters. The summed E-state index contributed by atoms with van der Waals surface area (Å²) in [4.78, 5) is 34.6. The molecule has 0 unspecified atom stereocenters. The van der Waals surface area contributed by atoms with Crippen molar-refractivity contribution < 1.29 is 9.53 Å². The number of ether oxygens (including phenoxy) is 1. The molecule has 0 fully saturated rings. The van der Waals surface area contributed by atoms with Crippen LogP contribution in [0.2, 0.25) is 0 Å². The molecule has 1 aromatic carbocycles. The fourth-order valence-corrected chi connectivity index (χ4v) is 4.62. The SMILES string of the molecule is CCN(CC)Cc1nc2sc(C)c(C)c2c(=O)n1CC(=O)OCCCc1ccccc1. The normalized spacial score (nSPS) is 11.4. The molecule has 31 heavy (non-hydrogen) atoms. The lowest BCUT2D eigenvalue weighted by Crippen LogP contribution is -2.33. The number of benzene rings is 1. The molecular weight excluding hydrogens is 410 g/mol. The van der Waals surface area contributed by atoms with Crippen molar-refractivity contribution in [2.75, 3.05) is 19.7 Å². The van der Waals surface area contributed by atoms with Gasteiger partial charge in [-0.2, -0.15) is 0 Å². The van der Waals surface area contributed by atoms with Gasteiger partial charge in [-0.15, -0.1) is 11.3 Å². The Balaban J connectivity index is 1.76. The van der Waals surface area contributed by atoms with Crippen LogP contribution in [0.1, 0.15) is 42.1 Å². The maximum Gasteiger partial charge on any atom is 0.326 e. The summed E-state index contributed by atoms with van der Waals surface area (Å²) >= 11 is 1.53. The molecule has 0 amide bonds. The van der Waals surface area contributed by atoms with Gasteiger partial charge in [-0.25, -0.2) is 4.98 Å². The number of carbonyl (C=O) groups excluding carboxylic acids is 1. The average molecular weight is 442 g/mol. The molecule has 2 aromatic heterocycles. The fourth-order valence-electron chi connectivity index (χ4n) is 3.58. The average Bonchev–Trinajstić information content (AvgIpc) is 3.06. The first-order chi connectivity index (χ1) is 14.9. The third-order valence-corrected chi connectivity index (χ3v) is 6.73. The van der Waals surface area contributed by atoms with Crippen molar-refractivity contribution in [2.24, 2.45) is 0 Å². The van der Waals surface area contributed by atoms with Crippen molar-refractivity contribution in [3.63, 3.8) is 0 Å². The highest BCUT2D eigenvalue weighted by Crippen LogP contribution is 2.26. The Kier molecular flexibility index (Phi) is 7.98. The first-order valence-electron chi connectivity index (χ1n) is 10.9. The summed E-state index contributed by atoms with van der Waals surface area (Å²) in [6, 6.07) is 10.1. The van der Waals surface area contributed by atoms with Crippen LogP contribution in [0, 0.1) is 13.8 Å². The third kappa shape index (κ3) is 5.60. The molecule has 0 aliphatic carbocycles. The van der Waals surface area contributed by atoms with Gasteiger partial charge in [0.25, 0.3) is 5.56 Å². The van der Waals surface area contributed by atoms with Crippen molar-refractivity contribution in [2.45, 2.75) is 53.6 Å². The van der Waals surface area contributed by atoms with Crippen LogP contribution < -0.4 is 5.56 Å². The largest absolute Gasteiger partial charge is 0.464 e. The molecule has 0 bridgehead atoms. The Morgan fingerprint density at radius 3 is 2.55 bits per heavy atom. The van der Waals surface area contributed by atoms with E-state index in [2.05, 4.69) is 30.9 Å². The minimum atomic E-state index is -0.401. The number of nitrogens with zero attached hydrogens (tertiary/aromatic N) is 3. The quantitative estimate of drug-likeness (QED) is 0.350. The summed E-state index contributed by atoms with van der Waals surface area (Å²) in [6.45, 7) is 10.5. The number of esters is 1. The Hall–Kier alpha value is -2.51. The van der Waals surface area contributed by atoms with Gasteiger partial charge >= 0.3 is 5.97 Å². The summed E-state index contributed by atoms with van der Waals surface area (Å²) in [5.74, 6) is 0.213. The van der Waals surface area contributed by atoms with Gasteiger partial charge in [-0.1, -0.05) is 44.2 Å². The first-order valence-corrected chi connectivity index (χ1v) is 11.7. The smallest absolute Gasteiger partial charge is 0.326 e. The number of thiophene rings is 1. The predicted molar refractivity (Wildman–Crippen MR) is 126 cm³/mol. The van der Waals surface area contributed by atoms with Crippen molar-refractivity contribution in [1.29, 1.82) is 0 Å². The van der Waals surface area contributed by atoms with Crippen LogP contribution in [0.25, 0.3) is 10.2 Å². The number of hydrogen-bond donors (Lipinski definition) is 0. The van der Waals surface area contributed by atoms with Gasteiger partial charge in [0, 0.05) is 4.88 Å². The number of hydrogen-bond acceptors (Lipinski definition) is 6. The van der Waals surface area contributed by atoms with Gasteiger partial charge < -0.3 is 4.74 Å². The van der Waals surface area contributed by atoms with E-state index in [0.29, 0.717) is 24.4 Å². The second-order valence-electron chi connectivity index (χ2n) is 7.65. The zero-order valence-corrected chi connectivity index (χ0v) is 19.6. The molecule has 7 heteroatoms. The van der Waals surface area contributed by atoms with Crippen LogP contribution in [0.3, 0.4) is 0 Å². The number of aromatic nitrogens is 2. The summed E-state index contributed by atoms with van der Waals surface area (Å²) in [5.41, 5.74) is 2.00. The van der Waals surface area contributed by atoms with Crippen molar-refractivity contribution in [3.05, 3.63) is 62.5 Å². The fraction of sp³-hybridized carbons (Fsp3) is 0.458. The van der Waals surface area contributed by atoms with Gasteiger partial charge in [0.1, 0.15) is 17.2 Å². The van der Waals surface area contributed by atoms with Crippen molar-refractivity contribution in [1.82, 2.24) is 14.5 Å². The highest BCUT2D eigenvalue weighted by molar-refractivity contribution is 7.18. The zero-order chi connectivity index (χ0) is 22.4. The molecule has 0 saturated carbocycles. The Labute approximate surface area is 187 Å². The van der Waals surface area contributed by atoms with E-state index in [1.807, 2.05) is 32.0 Å². The van der Waals surface area contributed by atoms with Crippen LogP contribution in [-0.4, -0.2) is 40.1 Å². The number of carbonyl (C=O) groups is 1. The third-order valence-electron chi connectivity index (χ3n) is 5.63. The molecule has 166 valence electrons. The molecule has 3 rings (SSSR count). The maximum absolute atomic E-state index is 13.3. The minimum Gasteiger partial charge on any atom is -0.464 e. The molecule has 0 saturated heterocycles. The van der Waals surface area contributed by atoms with E-state index in [9.17, 15) is 9.59 Å². The molecular formula is C24H31N3O3S. The Morgan fingerprint density at radius 2 is 1.87 bits per heavy atom. The summed E-state index contributed by atoms with van der Waals surface area (Å²) < 4.78 is 6.94. The van der Waals surface area contributed by atoms with Gasteiger partial charge in [-0.3, -0.25) is 19.1 Å². The lowest BCUT2D eigenvalue weighted by molar-refractivity contribution is -0.144. The van der Waals surface area contributed by atoms with E-state index < -0.39 is 5.97 Å². The summed E-state index contributed by atoms with van der Waals surface area (Å²) in [6.07, 6.45) is 1.60. The topological polar surface area (TPSA) is 64.4 Å². The Morgan fingerprint density at radius 1 is 1.16 bits per heavy atom. The minimum absolute atomic E-state index is 0.113. The van der Waals surface area contributed by atoms with Crippen molar-refractivity contribution >= 4 is 27.5 Å². The summed E-state index contributed by atoms with van der Waals surface area (Å²) in [7, 11) is 0. The van der Waals surface area contributed by atoms with Crippen LogP contribution in [-0.2, 0) is 29.0 Å². The molecule has 0 radical (unpaired) electrons. The molecule has 0 spiro atoms. The molecule has 0 N–H and O–H groups in total. The van der Waals surface area contributed by atoms with E-state index in [1.54, 1.807) is 0 Å². The maximum atomic E-state index is 13.3. The molecule has 0 aliphatic heterocycles. The second-order valence-corrected chi connectivity index (χ2v) is 8.86. The van der Waals surface area contributed by atoms with Gasteiger partial charge in [-0.05, 0) is 50.9 Å². The molecule has 0 aliphatic rings. The highest BCUT2D eigenvalue weighted by Gasteiger charge is 2.19. The van der Waals surface area contributed by atoms with E-state index in [-0.39, 0.29) is 12.1 Å².